The minimum Gasteiger partial charge on any atom is -0.468 e. The van der Waals surface area contributed by atoms with Crippen molar-refractivity contribution in [1.29, 1.82) is 0 Å². The van der Waals surface area contributed by atoms with E-state index in [-0.39, 0.29) is 11.9 Å². The van der Waals surface area contributed by atoms with Crippen molar-refractivity contribution in [2.45, 2.75) is 24.8 Å². The van der Waals surface area contributed by atoms with Crippen molar-refractivity contribution in [1.82, 2.24) is 15.4 Å². The van der Waals surface area contributed by atoms with E-state index in [0.29, 0.717) is 18.2 Å². The van der Waals surface area contributed by atoms with Crippen LogP contribution in [0.3, 0.4) is 0 Å². The Kier molecular flexibility index (Phi) is 4.62. The molecule has 1 saturated carbocycles. The fourth-order valence-electron chi connectivity index (χ4n) is 3.02. The predicted octanol–water partition coefficient (Wildman–Crippen LogP) is 2.66. The quantitative estimate of drug-likeness (QED) is 0.866. The van der Waals surface area contributed by atoms with Gasteiger partial charge in [-0.15, -0.1) is 0 Å². The highest BCUT2D eigenvalue weighted by Gasteiger charge is 2.29. The van der Waals surface area contributed by atoms with Crippen LogP contribution in [0.5, 0.6) is 0 Å². The van der Waals surface area contributed by atoms with E-state index < -0.39 is 0 Å². The molecule has 2 fully saturated rings. The van der Waals surface area contributed by atoms with E-state index in [1.165, 1.54) is 0 Å². The topological polar surface area (TPSA) is 71.5 Å². The Balaban J connectivity index is 1.41. The normalized spacial score (nSPS) is 20.0. The van der Waals surface area contributed by atoms with Gasteiger partial charge in [0.15, 0.2) is 5.69 Å². The highest BCUT2D eigenvalue weighted by atomic mass is 32.2. The lowest BCUT2D eigenvalue weighted by Gasteiger charge is -2.33. The van der Waals surface area contributed by atoms with E-state index in [1.807, 2.05) is 23.9 Å². The molecule has 0 radical (unpaired) electrons. The maximum atomic E-state index is 12.4. The van der Waals surface area contributed by atoms with Gasteiger partial charge in [-0.3, -0.25) is 9.69 Å². The molecule has 1 atom stereocenters. The summed E-state index contributed by atoms with van der Waals surface area (Å²) in [6, 6.07) is 5.69. The van der Waals surface area contributed by atoms with Crippen LogP contribution in [0.2, 0.25) is 0 Å². The first-order valence-electron chi connectivity index (χ1n) is 8.41. The molecule has 1 aliphatic heterocycles. The molecular weight excluding hydrogens is 326 g/mol. The van der Waals surface area contributed by atoms with E-state index in [2.05, 4.69) is 15.4 Å². The Bertz CT molecular complexity index is 675. The van der Waals surface area contributed by atoms with E-state index in [4.69, 9.17) is 8.94 Å². The molecule has 1 saturated heterocycles. The number of aromatic nitrogens is 1. The van der Waals surface area contributed by atoms with Crippen molar-refractivity contribution in [2.75, 3.05) is 31.1 Å². The van der Waals surface area contributed by atoms with Gasteiger partial charge in [0.2, 0.25) is 0 Å². The zero-order valence-corrected chi connectivity index (χ0v) is 14.3. The molecule has 7 heteroatoms. The minimum absolute atomic E-state index is 0.0552. The first kappa shape index (κ1) is 15.8. The van der Waals surface area contributed by atoms with E-state index >= 15 is 0 Å². The molecule has 0 bridgehead atoms. The summed E-state index contributed by atoms with van der Waals surface area (Å²) in [5.41, 5.74) is 0.365. The van der Waals surface area contributed by atoms with Crippen LogP contribution in [-0.4, -0.2) is 47.1 Å². The summed E-state index contributed by atoms with van der Waals surface area (Å²) < 4.78 is 10.9. The summed E-state index contributed by atoms with van der Waals surface area (Å²) in [6.45, 7) is 2.51. The van der Waals surface area contributed by atoms with E-state index in [0.717, 1.165) is 49.0 Å². The first-order valence-corrected chi connectivity index (χ1v) is 9.57. The monoisotopic (exact) mass is 347 g/mol. The molecule has 1 N–H and O–H groups in total. The Morgan fingerprint density at radius 2 is 2.25 bits per heavy atom. The molecule has 0 spiro atoms. The summed E-state index contributed by atoms with van der Waals surface area (Å²) in [5.74, 6) is 4.21. The summed E-state index contributed by atoms with van der Waals surface area (Å²) in [4.78, 5) is 14.7. The summed E-state index contributed by atoms with van der Waals surface area (Å²) in [7, 11) is 0. The predicted molar refractivity (Wildman–Crippen MR) is 91.2 cm³/mol. The molecular formula is C17H21N3O3S. The molecule has 2 aromatic rings. The van der Waals surface area contributed by atoms with Crippen LogP contribution in [0.15, 0.2) is 33.4 Å². The van der Waals surface area contributed by atoms with Crippen LogP contribution in [0.25, 0.3) is 0 Å². The number of thioether (sulfide) groups is 1. The lowest BCUT2D eigenvalue weighted by Crippen LogP contribution is -2.42. The second-order valence-electron chi connectivity index (χ2n) is 6.28. The largest absolute Gasteiger partial charge is 0.468 e. The van der Waals surface area contributed by atoms with Gasteiger partial charge in [-0.1, -0.05) is 5.16 Å². The number of furan rings is 1. The SMILES string of the molecule is O=C(NCC(c1ccco1)N1CCSCC1)c1cc(C2CC2)on1. The molecule has 6 nitrogen and oxygen atoms in total. The van der Waals surface area contributed by atoms with E-state index in [9.17, 15) is 4.79 Å². The number of carbonyl (C=O) groups is 1. The average Bonchev–Trinajstić information content (AvgIpc) is 3.12. The standard InChI is InChI=1S/C17H21N3O3S/c21-17(13-10-16(23-19-13)12-3-4-12)18-11-14(15-2-1-7-22-15)20-5-8-24-9-6-20/h1-2,7,10,12,14H,3-6,8-9,11H2,(H,18,21). The van der Waals surface area contributed by atoms with Crippen LogP contribution in [0.4, 0.5) is 0 Å². The third kappa shape index (κ3) is 3.52. The van der Waals surface area contributed by atoms with Crippen molar-refractivity contribution in [3.63, 3.8) is 0 Å². The van der Waals surface area contributed by atoms with Gasteiger partial charge in [0, 0.05) is 43.1 Å². The maximum Gasteiger partial charge on any atom is 0.273 e. The van der Waals surface area contributed by atoms with Gasteiger partial charge in [-0.25, -0.2) is 0 Å². The third-order valence-electron chi connectivity index (χ3n) is 4.55. The second-order valence-corrected chi connectivity index (χ2v) is 7.50. The van der Waals surface area contributed by atoms with Crippen molar-refractivity contribution in [3.8, 4) is 0 Å². The van der Waals surface area contributed by atoms with Crippen LogP contribution in [-0.2, 0) is 0 Å². The number of carbonyl (C=O) groups excluding carboxylic acids is 1. The Morgan fingerprint density at radius 1 is 1.42 bits per heavy atom. The van der Waals surface area contributed by atoms with Gasteiger partial charge in [0.1, 0.15) is 11.5 Å². The van der Waals surface area contributed by atoms with Gasteiger partial charge < -0.3 is 14.3 Å². The number of hydrogen-bond donors (Lipinski definition) is 1. The zero-order valence-electron chi connectivity index (χ0n) is 13.4. The van der Waals surface area contributed by atoms with E-state index in [1.54, 1.807) is 12.3 Å². The molecule has 1 aliphatic carbocycles. The van der Waals surface area contributed by atoms with Gasteiger partial charge in [0.05, 0.1) is 12.3 Å². The highest BCUT2D eigenvalue weighted by Crippen LogP contribution is 2.40. The zero-order chi connectivity index (χ0) is 16.4. The molecule has 0 aromatic carbocycles. The lowest BCUT2D eigenvalue weighted by molar-refractivity contribution is 0.0920. The van der Waals surface area contributed by atoms with Crippen LogP contribution < -0.4 is 5.32 Å². The number of rotatable bonds is 6. The smallest absolute Gasteiger partial charge is 0.273 e. The summed E-state index contributed by atoms with van der Waals surface area (Å²) >= 11 is 1.96. The molecule has 24 heavy (non-hydrogen) atoms. The van der Waals surface area contributed by atoms with Crippen molar-refractivity contribution in [2.24, 2.45) is 0 Å². The van der Waals surface area contributed by atoms with Crippen LogP contribution in [0.1, 0.15) is 46.8 Å². The Hall–Kier alpha value is -1.73. The molecule has 128 valence electrons. The molecule has 3 heterocycles. The fourth-order valence-corrected chi connectivity index (χ4v) is 3.95. The number of amides is 1. The molecule has 2 aromatic heterocycles. The molecule has 1 amide bonds. The molecule has 4 rings (SSSR count). The van der Waals surface area contributed by atoms with Crippen molar-refractivity contribution in [3.05, 3.63) is 41.7 Å². The molecule has 1 unspecified atom stereocenters. The Morgan fingerprint density at radius 3 is 2.96 bits per heavy atom. The van der Waals surface area contributed by atoms with Crippen molar-refractivity contribution < 1.29 is 13.7 Å². The number of hydrogen-bond acceptors (Lipinski definition) is 6. The second kappa shape index (κ2) is 7.03. The van der Waals surface area contributed by atoms with Crippen molar-refractivity contribution >= 4 is 17.7 Å². The fraction of sp³-hybridized carbons (Fsp3) is 0.529. The number of nitrogens with one attached hydrogen (secondary N) is 1. The Labute approximate surface area is 144 Å². The van der Waals surface area contributed by atoms with Gasteiger partial charge in [-0.05, 0) is 25.0 Å². The average molecular weight is 347 g/mol. The minimum atomic E-state index is -0.186. The van der Waals surface area contributed by atoms with Crippen LogP contribution >= 0.6 is 11.8 Å². The summed E-state index contributed by atoms with van der Waals surface area (Å²) in [5, 5.41) is 6.89. The lowest BCUT2D eigenvalue weighted by atomic mass is 10.1. The molecule has 2 aliphatic rings. The first-order chi connectivity index (χ1) is 11.8. The van der Waals surface area contributed by atoms with Gasteiger partial charge in [0.25, 0.3) is 5.91 Å². The van der Waals surface area contributed by atoms with Gasteiger partial charge >= 0.3 is 0 Å². The summed E-state index contributed by atoms with van der Waals surface area (Å²) in [6.07, 6.45) is 3.94. The van der Waals surface area contributed by atoms with Gasteiger partial charge in [-0.2, -0.15) is 11.8 Å². The maximum absolute atomic E-state index is 12.4. The van der Waals surface area contributed by atoms with Crippen LogP contribution in [0, 0.1) is 0 Å². The number of nitrogens with zero attached hydrogens (tertiary/aromatic N) is 2. The third-order valence-corrected chi connectivity index (χ3v) is 5.50. The highest BCUT2D eigenvalue weighted by molar-refractivity contribution is 7.99.